The molecule has 0 aromatic heterocycles. The molecule has 1 atom stereocenters. The maximum atomic E-state index is 10.5. The van der Waals surface area contributed by atoms with Crippen LogP contribution < -0.4 is 5.32 Å². The predicted molar refractivity (Wildman–Crippen MR) is 39.7 cm³/mol. The van der Waals surface area contributed by atoms with Crippen molar-refractivity contribution < 1.29 is 9.53 Å². The van der Waals surface area contributed by atoms with E-state index in [1.165, 1.54) is 6.08 Å². The lowest BCUT2D eigenvalue weighted by molar-refractivity contribution is -0.116. The fourth-order valence-corrected chi connectivity index (χ4v) is 0.400. The van der Waals surface area contributed by atoms with Crippen LogP contribution in [0.3, 0.4) is 0 Å². The Morgan fingerprint density at radius 1 is 1.90 bits per heavy atom. The maximum absolute atomic E-state index is 10.5. The van der Waals surface area contributed by atoms with E-state index < -0.39 is 0 Å². The van der Waals surface area contributed by atoms with Crippen molar-refractivity contribution in [3.05, 3.63) is 12.7 Å². The van der Waals surface area contributed by atoms with Gasteiger partial charge in [0.1, 0.15) is 0 Å². The minimum absolute atomic E-state index is 0.0592. The van der Waals surface area contributed by atoms with E-state index >= 15 is 0 Å². The molecule has 0 spiro atoms. The molecule has 0 rings (SSSR count). The summed E-state index contributed by atoms with van der Waals surface area (Å²) in [6.45, 7) is 5.72. The van der Waals surface area contributed by atoms with Crippen LogP contribution in [0.25, 0.3) is 0 Å². The van der Waals surface area contributed by atoms with Crippen LogP contribution >= 0.6 is 0 Å². The van der Waals surface area contributed by atoms with E-state index in [9.17, 15) is 4.79 Å². The molecule has 0 aliphatic carbocycles. The number of hydrogen-bond acceptors (Lipinski definition) is 2. The van der Waals surface area contributed by atoms with Crippen molar-refractivity contribution in [2.24, 2.45) is 0 Å². The summed E-state index contributed by atoms with van der Waals surface area (Å²) in [7, 11) is 1.60. The number of carbonyl (C=O) groups excluding carboxylic acids is 1. The molecular weight excluding hydrogens is 130 g/mol. The van der Waals surface area contributed by atoms with Crippen molar-refractivity contribution in [3.8, 4) is 0 Å². The molecule has 0 aliphatic heterocycles. The molecule has 0 heterocycles. The Kier molecular flexibility index (Phi) is 4.58. The van der Waals surface area contributed by atoms with Crippen LogP contribution in [0.15, 0.2) is 12.7 Å². The normalized spacial score (nSPS) is 12.2. The first kappa shape index (κ1) is 9.17. The Labute approximate surface area is 61.1 Å². The minimum Gasteiger partial charge on any atom is -0.380 e. The SMILES string of the molecule is C=CC(=O)NC[C@H](C)OC. The second-order valence-corrected chi connectivity index (χ2v) is 2.00. The largest absolute Gasteiger partial charge is 0.380 e. The second kappa shape index (κ2) is 4.99. The van der Waals surface area contributed by atoms with Gasteiger partial charge in [0.15, 0.2) is 0 Å². The van der Waals surface area contributed by atoms with Crippen molar-refractivity contribution >= 4 is 5.91 Å². The standard InChI is InChI=1S/C7H13NO2/c1-4-7(9)8-5-6(2)10-3/h4,6H,1,5H2,2-3H3,(H,8,9)/t6-/m0/s1. The number of hydrogen-bond donors (Lipinski definition) is 1. The third-order valence-electron chi connectivity index (χ3n) is 1.15. The molecule has 0 bridgehead atoms. The van der Waals surface area contributed by atoms with E-state index in [4.69, 9.17) is 4.74 Å². The molecule has 10 heavy (non-hydrogen) atoms. The molecule has 0 radical (unpaired) electrons. The monoisotopic (exact) mass is 143 g/mol. The van der Waals surface area contributed by atoms with Crippen molar-refractivity contribution in [1.29, 1.82) is 0 Å². The van der Waals surface area contributed by atoms with Gasteiger partial charge < -0.3 is 10.1 Å². The molecule has 3 nitrogen and oxygen atoms in total. The summed E-state index contributed by atoms with van der Waals surface area (Å²) in [5.74, 6) is -0.163. The van der Waals surface area contributed by atoms with Crippen molar-refractivity contribution in [2.45, 2.75) is 13.0 Å². The maximum Gasteiger partial charge on any atom is 0.243 e. The van der Waals surface area contributed by atoms with Gasteiger partial charge in [-0.3, -0.25) is 4.79 Å². The zero-order valence-electron chi connectivity index (χ0n) is 6.39. The van der Waals surface area contributed by atoms with Crippen LogP contribution in [0.2, 0.25) is 0 Å². The van der Waals surface area contributed by atoms with Gasteiger partial charge >= 0.3 is 0 Å². The molecule has 0 aliphatic rings. The second-order valence-electron chi connectivity index (χ2n) is 2.00. The van der Waals surface area contributed by atoms with Gasteiger partial charge in [-0.2, -0.15) is 0 Å². The predicted octanol–water partition coefficient (Wildman–Crippen LogP) is 0.323. The van der Waals surface area contributed by atoms with E-state index in [1.54, 1.807) is 7.11 Å². The van der Waals surface area contributed by atoms with Gasteiger partial charge in [-0.05, 0) is 13.0 Å². The molecule has 1 N–H and O–H groups in total. The Hall–Kier alpha value is -0.830. The topological polar surface area (TPSA) is 38.3 Å². The minimum atomic E-state index is -0.163. The highest BCUT2D eigenvalue weighted by atomic mass is 16.5. The van der Waals surface area contributed by atoms with Crippen LogP contribution in [-0.2, 0) is 9.53 Å². The van der Waals surface area contributed by atoms with Crippen LogP contribution in [0.4, 0.5) is 0 Å². The average Bonchev–Trinajstić information content (AvgIpc) is 1.99. The Balaban J connectivity index is 3.34. The fraction of sp³-hybridized carbons (Fsp3) is 0.571. The quantitative estimate of drug-likeness (QED) is 0.576. The van der Waals surface area contributed by atoms with E-state index in [2.05, 4.69) is 11.9 Å². The molecule has 3 heteroatoms. The summed E-state index contributed by atoms with van der Waals surface area (Å²) >= 11 is 0. The first-order chi connectivity index (χ1) is 4.70. The zero-order chi connectivity index (χ0) is 7.98. The van der Waals surface area contributed by atoms with Crippen LogP contribution in [0.1, 0.15) is 6.92 Å². The van der Waals surface area contributed by atoms with Gasteiger partial charge in [0.05, 0.1) is 6.10 Å². The van der Waals surface area contributed by atoms with E-state index in [1.807, 2.05) is 6.92 Å². The molecule has 0 saturated carbocycles. The third kappa shape index (κ3) is 4.09. The number of methoxy groups -OCH3 is 1. The van der Waals surface area contributed by atoms with Gasteiger partial charge in [-0.15, -0.1) is 0 Å². The van der Waals surface area contributed by atoms with Gasteiger partial charge in [0, 0.05) is 13.7 Å². The van der Waals surface area contributed by atoms with Crippen LogP contribution in [0.5, 0.6) is 0 Å². The summed E-state index contributed by atoms with van der Waals surface area (Å²) in [5.41, 5.74) is 0. The Morgan fingerprint density at radius 2 is 2.50 bits per heavy atom. The third-order valence-corrected chi connectivity index (χ3v) is 1.15. The van der Waals surface area contributed by atoms with Gasteiger partial charge in [-0.25, -0.2) is 0 Å². The summed E-state index contributed by atoms with van der Waals surface area (Å²) in [6, 6.07) is 0. The lowest BCUT2D eigenvalue weighted by atomic mass is 10.4. The van der Waals surface area contributed by atoms with Crippen molar-refractivity contribution in [2.75, 3.05) is 13.7 Å². The molecular formula is C7H13NO2. The van der Waals surface area contributed by atoms with Crippen LogP contribution in [-0.4, -0.2) is 25.7 Å². The first-order valence-electron chi connectivity index (χ1n) is 3.13. The van der Waals surface area contributed by atoms with Crippen LogP contribution in [0, 0.1) is 0 Å². The smallest absolute Gasteiger partial charge is 0.243 e. The lowest BCUT2D eigenvalue weighted by Gasteiger charge is -2.08. The molecule has 0 aromatic carbocycles. The average molecular weight is 143 g/mol. The molecule has 0 aromatic rings. The van der Waals surface area contributed by atoms with Gasteiger partial charge in [0.2, 0.25) is 5.91 Å². The molecule has 58 valence electrons. The van der Waals surface area contributed by atoms with Gasteiger partial charge in [0.25, 0.3) is 0 Å². The summed E-state index contributed by atoms with van der Waals surface area (Å²) in [4.78, 5) is 10.5. The number of rotatable bonds is 4. The van der Waals surface area contributed by atoms with E-state index in [-0.39, 0.29) is 12.0 Å². The molecule has 0 saturated heterocycles. The molecule has 0 fully saturated rings. The Bertz CT molecular complexity index is 123. The zero-order valence-corrected chi connectivity index (χ0v) is 6.39. The summed E-state index contributed by atoms with van der Waals surface area (Å²) in [6.07, 6.45) is 1.30. The number of amides is 1. The highest BCUT2D eigenvalue weighted by Gasteiger charge is 1.99. The van der Waals surface area contributed by atoms with Crippen molar-refractivity contribution in [1.82, 2.24) is 5.32 Å². The highest BCUT2D eigenvalue weighted by molar-refractivity contribution is 5.86. The lowest BCUT2D eigenvalue weighted by Crippen LogP contribution is -2.29. The highest BCUT2D eigenvalue weighted by Crippen LogP contribution is 1.82. The number of ether oxygens (including phenoxy) is 1. The van der Waals surface area contributed by atoms with E-state index in [0.717, 1.165) is 0 Å². The summed E-state index contributed by atoms with van der Waals surface area (Å²) < 4.78 is 4.90. The number of carbonyl (C=O) groups is 1. The van der Waals surface area contributed by atoms with Gasteiger partial charge in [-0.1, -0.05) is 6.58 Å². The summed E-state index contributed by atoms with van der Waals surface area (Å²) in [5, 5.41) is 2.60. The van der Waals surface area contributed by atoms with Crippen molar-refractivity contribution in [3.63, 3.8) is 0 Å². The molecule has 1 amide bonds. The first-order valence-corrected chi connectivity index (χ1v) is 3.13. The van der Waals surface area contributed by atoms with E-state index in [0.29, 0.717) is 6.54 Å². The fourth-order valence-electron chi connectivity index (χ4n) is 0.400. The number of nitrogens with one attached hydrogen (secondary N) is 1. The Morgan fingerprint density at radius 3 is 2.90 bits per heavy atom. The molecule has 0 unspecified atom stereocenters.